The Balaban J connectivity index is 4.37. The molecule has 0 heterocycles. The van der Waals surface area contributed by atoms with Gasteiger partial charge in [0.25, 0.3) is 0 Å². The first kappa shape index (κ1) is 19.2. The van der Waals surface area contributed by atoms with Gasteiger partial charge in [0.05, 0.1) is 13.7 Å². The molecule has 0 aromatic heterocycles. The van der Waals surface area contributed by atoms with Gasteiger partial charge in [0.1, 0.15) is 11.6 Å². The molecule has 0 spiro atoms. The van der Waals surface area contributed by atoms with Gasteiger partial charge in [-0.2, -0.15) is 0 Å². The minimum absolute atomic E-state index is 0.178. The van der Waals surface area contributed by atoms with Gasteiger partial charge in [-0.05, 0) is 40.5 Å². The third-order valence-corrected chi connectivity index (χ3v) is 2.36. The molecule has 0 saturated carbocycles. The van der Waals surface area contributed by atoms with Crippen LogP contribution in [0.2, 0.25) is 0 Å². The van der Waals surface area contributed by atoms with Gasteiger partial charge in [-0.3, -0.25) is 4.79 Å². The molecule has 0 aromatic carbocycles. The highest BCUT2D eigenvalue weighted by molar-refractivity contribution is 5.81. The summed E-state index contributed by atoms with van der Waals surface area (Å²) in [5.74, 6) is -0.914. The van der Waals surface area contributed by atoms with Crippen molar-refractivity contribution in [3.8, 4) is 0 Å². The number of methoxy groups -OCH3 is 1. The van der Waals surface area contributed by atoms with Crippen LogP contribution in [-0.2, 0) is 23.8 Å². The van der Waals surface area contributed by atoms with Gasteiger partial charge in [-0.1, -0.05) is 0 Å². The molecule has 1 N–H and O–H groups in total. The Bertz CT molecular complexity index is 361. The van der Waals surface area contributed by atoms with Crippen molar-refractivity contribution in [3.05, 3.63) is 0 Å². The lowest BCUT2D eigenvalue weighted by Crippen LogP contribution is -2.44. The number of carbonyl (C=O) groups is 3. The highest BCUT2D eigenvalue weighted by Crippen LogP contribution is 2.09. The lowest BCUT2D eigenvalue weighted by molar-refractivity contribution is -0.145. The fourth-order valence-corrected chi connectivity index (χ4v) is 1.52. The maximum Gasteiger partial charge on any atom is 0.408 e. The van der Waals surface area contributed by atoms with E-state index < -0.39 is 23.7 Å². The Morgan fingerprint density at radius 2 is 1.81 bits per heavy atom. The topological polar surface area (TPSA) is 90.9 Å². The molecule has 0 bridgehead atoms. The molecule has 0 aliphatic carbocycles. The Kier molecular flexibility index (Phi) is 8.42. The van der Waals surface area contributed by atoms with Crippen LogP contribution in [0.4, 0.5) is 4.79 Å². The highest BCUT2D eigenvalue weighted by Gasteiger charge is 2.24. The third kappa shape index (κ3) is 9.70. The second kappa shape index (κ2) is 9.20. The molecule has 7 heteroatoms. The monoisotopic (exact) mass is 303 g/mol. The SMILES string of the molecule is CCOC(=O)CCC[C@H](NC(=O)OC(C)(C)C)C(=O)OC. The van der Waals surface area contributed by atoms with Crippen LogP contribution in [0.5, 0.6) is 0 Å². The molecule has 0 fully saturated rings. The van der Waals surface area contributed by atoms with Gasteiger partial charge >= 0.3 is 18.0 Å². The zero-order valence-corrected chi connectivity index (χ0v) is 13.4. The smallest absolute Gasteiger partial charge is 0.408 e. The van der Waals surface area contributed by atoms with Crippen LogP contribution in [0.3, 0.4) is 0 Å². The van der Waals surface area contributed by atoms with Gasteiger partial charge in [0, 0.05) is 6.42 Å². The van der Waals surface area contributed by atoms with Crippen LogP contribution in [0.25, 0.3) is 0 Å². The van der Waals surface area contributed by atoms with Crippen LogP contribution in [0, 0.1) is 0 Å². The molecule has 0 rings (SSSR count). The molecule has 122 valence electrons. The number of hydrogen-bond donors (Lipinski definition) is 1. The van der Waals surface area contributed by atoms with Crippen LogP contribution in [-0.4, -0.2) is 43.4 Å². The highest BCUT2D eigenvalue weighted by atomic mass is 16.6. The summed E-state index contributed by atoms with van der Waals surface area (Å²) in [6.45, 7) is 7.20. The van der Waals surface area contributed by atoms with Crippen LogP contribution >= 0.6 is 0 Å². The van der Waals surface area contributed by atoms with Gasteiger partial charge in [-0.15, -0.1) is 0 Å². The average molecular weight is 303 g/mol. The maximum atomic E-state index is 11.7. The molecule has 0 saturated heterocycles. The largest absolute Gasteiger partial charge is 0.467 e. The summed E-state index contributed by atoms with van der Waals surface area (Å²) in [7, 11) is 1.23. The Morgan fingerprint density at radius 3 is 2.29 bits per heavy atom. The van der Waals surface area contributed by atoms with Crippen molar-refractivity contribution in [1.29, 1.82) is 0 Å². The van der Waals surface area contributed by atoms with E-state index in [9.17, 15) is 14.4 Å². The zero-order chi connectivity index (χ0) is 16.5. The van der Waals surface area contributed by atoms with Crippen LogP contribution < -0.4 is 5.32 Å². The van der Waals surface area contributed by atoms with Crippen molar-refractivity contribution in [1.82, 2.24) is 5.32 Å². The second-order valence-electron chi connectivity index (χ2n) is 5.42. The van der Waals surface area contributed by atoms with Gasteiger partial charge in [0.15, 0.2) is 0 Å². The van der Waals surface area contributed by atoms with E-state index in [0.717, 1.165) is 0 Å². The molecule has 0 aliphatic heterocycles. The number of nitrogens with one attached hydrogen (secondary N) is 1. The average Bonchev–Trinajstić information content (AvgIpc) is 2.34. The summed E-state index contributed by atoms with van der Waals surface area (Å²) < 4.78 is 14.5. The van der Waals surface area contributed by atoms with E-state index in [4.69, 9.17) is 9.47 Å². The van der Waals surface area contributed by atoms with Crippen molar-refractivity contribution < 1.29 is 28.6 Å². The molecule has 0 radical (unpaired) electrons. The quantitative estimate of drug-likeness (QED) is 0.569. The molecule has 0 unspecified atom stereocenters. The molecule has 1 atom stereocenters. The lowest BCUT2D eigenvalue weighted by atomic mass is 10.1. The van der Waals surface area contributed by atoms with Crippen molar-refractivity contribution in [2.75, 3.05) is 13.7 Å². The number of hydrogen-bond acceptors (Lipinski definition) is 6. The maximum absolute atomic E-state index is 11.7. The van der Waals surface area contributed by atoms with Crippen LogP contribution in [0.15, 0.2) is 0 Å². The minimum atomic E-state index is -0.848. The Labute approximate surface area is 125 Å². The Morgan fingerprint density at radius 1 is 1.19 bits per heavy atom. The van der Waals surface area contributed by atoms with E-state index in [2.05, 4.69) is 10.1 Å². The van der Waals surface area contributed by atoms with Gasteiger partial charge in [0.2, 0.25) is 0 Å². The zero-order valence-electron chi connectivity index (χ0n) is 13.4. The fourth-order valence-electron chi connectivity index (χ4n) is 1.52. The third-order valence-electron chi connectivity index (χ3n) is 2.36. The van der Waals surface area contributed by atoms with E-state index in [1.54, 1.807) is 27.7 Å². The molecule has 0 aromatic rings. The summed E-state index contributed by atoms with van der Waals surface area (Å²) in [6.07, 6.45) is 0.144. The normalized spacial score (nSPS) is 12.2. The number of rotatable bonds is 7. The van der Waals surface area contributed by atoms with E-state index in [-0.39, 0.29) is 18.8 Å². The van der Waals surface area contributed by atoms with Crippen molar-refractivity contribution >= 4 is 18.0 Å². The van der Waals surface area contributed by atoms with Crippen molar-refractivity contribution in [2.24, 2.45) is 0 Å². The number of alkyl carbamates (subject to hydrolysis) is 1. The molecule has 21 heavy (non-hydrogen) atoms. The first-order valence-electron chi connectivity index (χ1n) is 6.92. The molecule has 7 nitrogen and oxygen atoms in total. The first-order valence-corrected chi connectivity index (χ1v) is 6.92. The number of carbonyl (C=O) groups excluding carboxylic acids is 3. The molecule has 1 amide bonds. The van der Waals surface area contributed by atoms with Gasteiger partial charge < -0.3 is 19.5 Å². The minimum Gasteiger partial charge on any atom is -0.467 e. The number of ether oxygens (including phenoxy) is 3. The standard InChI is InChI=1S/C14H25NO6/c1-6-20-11(16)9-7-8-10(12(17)19-5)15-13(18)21-14(2,3)4/h10H,6-9H2,1-5H3,(H,15,18)/t10-/m0/s1. The van der Waals surface area contributed by atoms with E-state index in [1.807, 2.05) is 0 Å². The number of amides is 1. The summed E-state index contributed by atoms with van der Waals surface area (Å²) >= 11 is 0. The fraction of sp³-hybridized carbons (Fsp3) is 0.786. The van der Waals surface area contributed by atoms with Crippen molar-refractivity contribution in [2.45, 2.75) is 58.6 Å². The second-order valence-corrected chi connectivity index (χ2v) is 5.42. The molecule has 0 aliphatic rings. The Hall–Kier alpha value is -1.79. The lowest BCUT2D eigenvalue weighted by Gasteiger charge is -2.22. The number of esters is 2. The molecular weight excluding hydrogens is 278 g/mol. The van der Waals surface area contributed by atoms with Crippen LogP contribution in [0.1, 0.15) is 47.0 Å². The summed E-state index contributed by atoms with van der Waals surface area (Å²) in [5, 5.41) is 2.44. The van der Waals surface area contributed by atoms with E-state index in [0.29, 0.717) is 13.0 Å². The van der Waals surface area contributed by atoms with E-state index in [1.165, 1.54) is 7.11 Å². The van der Waals surface area contributed by atoms with Crippen molar-refractivity contribution in [3.63, 3.8) is 0 Å². The van der Waals surface area contributed by atoms with E-state index >= 15 is 0 Å². The molecular formula is C14H25NO6. The summed E-state index contributed by atoms with van der Waals surface area (Å²) in [5.41, 5.74) is -0.657. The predicted octanol–water partition coefficient (Wildman–Crippen LogP) is 1.79. The first-order chi connectivity index (χ1) is 9.69. The van der Waals surface area contributed by atoms with Gasteiger partial charge in [-0.25, -0.2) is 9.59 Å². The summed E-state index contributed by atoms with van der Waals surface area (Å²) in [4.78, 5) is 34.5. The predicted molar refractivity (Wildman–Crippen MR) is 75.7 cm³/mol. The summed E-state index contributed by atoms with van der Waals surface area (Å²) in [6, 6.07) is -0.848.